The lowest BCUT2D eigenvalue weighted by atomic mass is 10.1. The molecular weight excluding hydrogens is 568 g/mol. The molecule has 0 aliphatic carbocycles. The largest absolute Gasteiger partial charge is 0.369 e. The van der Waals surface area contributed by atoms with Crippen molar-refractivity contribution in [2.45, 2.75) is 18.6 Å². The Balaban J connectivity index is 1.13. The second kappa shape index (κ2) is 12.5. The molecule has 0 radical (unpaired) electrons. The maximum atomic E-state index is 12.8. The molecule has 1 saturated heterocycles. The van der Waals surface area contributed by atoms with Crippen molar-refractivity contribution in [3.8, 4) is 22.6 Å². The van der Waals surface area contributed by atoms with Crippen LogP contribution < -0.4 is 15.5 Å². The first-order valence-electron chi connectivity index (χ1n) is 15.0. The van der Waals surface area contributed by atoms with E-state index in [4.69, 9.17) is 9.97 Å². The number of hydrogen-bond acceptors (Lipinski definition) is 8. The predicted octanol–water partition coefficient (Wildman–Crippen LogP) is 6.25. The van der Waals surface area contributed by atoms with Crippen molar-refractivity contribution in [2.24, 2.45) is 0 Å². The summed E-state index contributed by atoms with van der Waals surface area (Å²) in [5, 5.41) is 7.39. The highest BCUT2D eigenvalue weighted by molar-refractivity contribution is 7.99. The fraction of sp³-hybridized carbons (Fsp3) is 0.235. The number of hydrogen-bond donors (Lipinski definition) is 2. The standard InChI is InChI=1S/C34H34N8OS/c1-2-40-17-19-41(20-18-40)28-13-11-26(12-14-28)37-33-35-16-15-29(38-33)31-30(39-34-42(31)21-22-44-34)25-9-6-10-27(23-25)36-32(43)24-7-4-3-5-8-24/h3-16,23H,2,17-22H2,1H3,(H,36,43)(H,35,37,38). The molecule has 3 aromatic carbocycles. The van der Waals surface area contributed by atoms with E-state index >= 15 is 0 Å². The second-order valence-electron chi connectivity index (χ2n) is 10.9. The normalized spacial score (nSPS) is 14.8. The molecule has 2 aromatic heterocycles. The molecule has 2 aliphatic rings. The molecule has 0 spiro atoms. The highest BCUT2D eigenvalue weighted by Crippen LogP contribution is 2.39. The van der Waals surface area contributed by atoms with Gasteiger partial charge in [0.25, 0.3) is 5.91 Å². The van der Waals surface area contributed by atoms with E-state index in [2.05, 4.69) is 61.2 Å². The van der Waals surface area contributed by atoms with Crippen molar-refractivity contribution >= 4 is 40.7 Å². The minimum Gasteiger partial charge on any atom is -0.369 e. The van der Waals surface area contributed by atoms with E-state index in [1.54, 1.807) is 30.1 Å². The Hall–Kier alpha value is -4.67. The molecule has 10 heteroatoms. The molecule has 222 valence electrons. The van der Waals surface area contributed by atoms with Gasteiger partial charge in [-0.25, -0.2) is 15.0 Å². The number of amides is 1. The lowest BCUT2D eigenvalue weighted by Gasteiger charge is -2.35. The van der Waals surface area contributed by atoms with Gasteiger partial charge in [-0.1, -0.05) is 49.0 Å². The second-order valence-corrected chi connectivity index (χ2v) is 11.9. The van der Waals surface area contributed by atoms with Crippen LogP contribution in [0.4, 0.5) is 23.0 Å². The first-order valence-corrected chi connectivity index (χ1v) is 16.0. The van der Waals surface area contributed by atoms with Crippen LogP contribution in [0.3, 0.4) is 0 Å². The summed E-state index contributed by atoms with van der Waals surface area (Å²) in [7, 11) is 0. The summed E-state index contributed by atoms with van der Waals surface area (Å²) in [6.07, 6.45) is 1.79. The van der Waals surface area contributed by atoms with Gasteiger partial charge in [0.1, 0.15) is 0 Å². The highest BCUT2D eigenvalue weighted by Gasteiger charge is 2.25. The number of nitrogens with one attached hydrogen (secondary N) is 2. The lowest BCUT2D eigenvalue weighted by molar-refractivity contribution is 0.102. The number of fused-ring (bicyclic) bond motifs is 1. The van der Waals surface area contributed by atoms with E-state index in [1.165, 1.54) is 5.69 Å². The Morgan fingerprint density at radius 3 is 2.48 bits per heavy atom. The molecule has 5 aromatic rings. The first kappa shape index (κ1) is 28.1. The predicted molar refractivity (Wildman–Crippen MR) is 178 cm³/mol. The Labute approximate surface area is 261 Å². The van der Waals surface area contributed by atoms with Gasteiger partial charge in [0.05, 0.1) is 17.1 Å². The lowest BCUT2D eigenvalue weighted by Crippen LogP contribution is -2.46. The Kier molecular flexibility index (Phi) is 8.00. The topological polar surface area (TPSA) is 91.2 Å². The van der Waals surface area contributed by atoms with Crippen LogP contribution in [0.1, 0.15) is 17.3 Å². The van der Waals surface area contributed by atoms with E-state index in [-0.39, 0.29) is 5.91 Å². The summed E-state index contributed by atoms with van der Waals surface area (Å²) in [6, 6.07) is 27.5. The number of rotatable bonds is 8. The number of carbonyl (C=O) groups is 1. The molecule has 0 atom stereocenters. The zero-order valence-corrected chi connectivity index (χ0v) is 25.4. The molecule has 2 aliphatic heterocycles. The summed E-state index contributed by atoms with van der Waals surface area (Å²) >= 11 is 1.74. The fourth-order valence-electron chi connectivity index (χ4n) is 5.73. The SMILES string of the molecule is CCN1CCN(c2ccc(Nc3nccc(-c4c(-c5cccc(NC(=O)c6ccccc6)c5)nc5n4CCS5)n3)cc2)CC1. The molecule has 9 nitrogen and oxygen atoms in total. The van der Waals surface area contributed by atoms with Crippen molar-refractivity contribution in [2.75, 3.05) is 54.0 Å². The number of likely N-dealkylation sites (N-methyl/N-ethyl adjacent to an activating group) is 1. The van der Waals surface area contributed by atoms with Gasteiger partial charge in [-0.15, -0.1) is 0 Å². The minimum absolute atomic E-state index is 0.149. The van der Waals surface area contributed by atoms with E-state index < -0.39 is 0 Å². The number of thioether (sulfide) groups is 1. The van der Waals surface area contributed by atoms with Gasteiger partial charge in [0.2, 0.25) is 5.95 Å². The number of piperazine rings is 1. The van der Waals surface area contributed by atoms with Crippen molar-refractivity contribution in [1.82, 2.24) is 24.4 Å². The van der Waals surface area contributed by atoms with Gasteiger partial charge in [0, 0.05) is 72.9 Å². The van der Waals surface area contributed by atoms with Gasteiger partial charge in [-0.2, -0.15) is 0 Å². The third kappa shape index (κ3) is 5.91. The molecule has 2 N–H and O–H groups in total. The van der Waals surface area contributed by atoms with E-state index in [0.29, 0.717) is 17.2 Å². The highest BCUT2D eigenvalue weighted by atomic mass is 32.2. The van der Waals surface area contributed by atoms with Gasteiger partial charge in [-0.3, -0.25) is 4.79 Å². The van der Waals surface area contributed by atoms with Crippen LogP contribution in [0, 0.1) is 0 Å². The maximum absolute atomic E-state index is 12.8. The average Bonchev–Trinajstić information content (AvgIpc) is 3.68. The minimum atomic E-state index is -0.149. The number of nitrogens with zero attached hydrogens (tertiary/aromatic N) is 6. The van der Waals surface area contributed by atoms with Crippen LogP contribution in [-0.4, -0.2) is 68.8 Å². The summed E-state index contributed by atoms with van der Waals surface area (Å²) in [6.45, 7) is 8.48. The first-order chi connectivity index (χ1) is 21.6. The van der Waals surface area contributed by atoms with Crippen LogP contribution in [0.25, 0.3) is 22.6 Å². The van der Waals surface area contributed by atoms with Crippen molar-refractivity contribution in [1.29, 1.82) is 0 Å². The third-order valence-corrected chi connectivity index (χ3v) is 9.07. The summed E-state index contributed by atoms with van der Waals surface area (Å²) in [5.41, 5.74) is 6.99. The molecule has 1 fully saturated rings. The smallest absolute Gasteiger partial charge is 0.255 e. The monoisotopic (exact) mass is 602 g/mol. The average molecular weight is 603 g/mol. The molecule has 1 amide bonds. The van der Waals surface area contributed by atoms with Crippen LogP contribution in [-0.2, 0) is 6.54 Å². The molecule has 0 unspecified atom stereocenters. The van der Waals surface area contributed by atoms with E-state index in [0.717, 1.165) is 78.5 Å². The van der Waals surface area contributed by atoms with Crippen molar-refractivity contribution < 1.29 is 4.79 Å². The number of anilines is 4. The number of aromatic nitrogens is 4. The van der Waals surface area contributed by atoms with Crippen molar-refractivity contribution in [3.05, 3.63) is 96.7 Å². The summed E-state index contributed by atoms with van der Waals surface area (Å²) in [4.78, 5) is 32.2. The Morgan fingerprint density at radius 1 is 0.864 bits per heavy atom. The third-order valence-electron chi connectivity index (χ3n) is 8.11. The molecule has 0 bridgehead atoms. The van der Waals surface area contributed by atoms with Gasteiger partial charge >= 0.3 is 0 Å². The Bertz CT molecular complexity index is 1760. The molecule has 7 rings (SSSR count). The summed E-state index contributed by atoms with van der Waals surface area (Å²) in [5.74, 6) is 1.35. The van der Waals surface area contributed by atoms with Crippen LogP contribution >= 0.6 is 11.8 Å². The number of imidazole rings is 1. The van der Waals surface area contributed by atoms with E-state index in [1.807, 2.05) is 48.5 Å². The number of carbonyl (C=O) groups excluding carboxylic acids is 1. The van der Waals surface area contributed by atoms with Crippen LogP contribution in [0.2, 0.25) is 0 Å². The van der Waals surface area contributed by atoms with Gasteiger partial charge in [0.15, 0.2) is 5.16 Å². The van der Waals surface area contributed by atoms with E-state index in [9.17, 15) is 4.79 Å². The maximum Gasteiger partial charge on any atom is 0.255 e. The molecule has 4 heterocycles. The van der Waals surface area contributed by atoms with Crippen molar-refractivity contribution in [3.63, 3.8) is 0 Å². The molecular formula is C34H34N8OS. The van der Waals surface area contributed by atoms with Crippen LogP contribution in [0.15, 0.2) is 96.3 Å². The van der Waals surface area contributed by atoms with Crippen LogP contribution in [0.5, 0.6) is 0 Å². The zero-order chi connectivity index (χ0) is 29.9. The zero-order valence-electron chi connectivity index (χ0n) is 24.6. The van der Waals surface area contributed by atoms with Gasteiger partial charge in [-0.05, 0) is 61.1 Å². The Morgan fingerprint density at radius 2 is 1.68 bits per heavy atom. The fourth-order valence-corrected chi connectivity index (χ4v) is 6.68. The molecule has 0 saturated carbocycles. The quantitative estimate of drug-likeness (QED) is 0.215. The molecule has 44 heavy (non-hydrogen) atoms. The summed E-state index contributed by atoms with van der Waals surface area (Å²) < 4.78 is 2.23. The number of benzene rings is 3. The van der Waals surface area contributed by atoms with Gasteiger partial charge < -0.3 is 25.0 Å².